The summed E-state index contributed by atoms with van der Waals surface area (Å²) in [5.41, 5.74) is 2.06. The number of carboxylic acids is 1. The number of amides is 1. The summed E-state index contributed by atoms with van der Waals surface area (Å²) in [6.45, 7) is 3.15. The minimum atomic E-state index is -1.11. The molecule has 1 amide bonds. The molecular weight excluding hydrogens is 246 g/mol. The van der Waals surface area contributed by atoms with E-state index in [4.69, 9.17) is 10.4 Å². The molecule has 6 heteroatoms. The summed E-state index contributed by atoms with van der Waals surface area (Å²) in [5, 5.41) is 23.0. The van der Waals surface area contributed by atoms with E-state index in [0.717, 1.165) is 5.56 Å². The van der Waals surface area contributed by atoms with Gasteiger partial charge in [-0.3, -0.25) is 4.79 Å². The first-order chi connectivity index (χ1) is 8.93. The molecule has 0 aliphatic heterocycles. The Morgan fingerprint density at radius 1 is 1.47 bits per heavy atom. The van der Waals surface area contributed by atoms with Gasteiger partial charge < -0.3 is 15.7 Å². The highest BCUT2D eigenvalue weighted by Crippen LogP contribution is 2.16. The van der Waals surface area contributed by atoms with Crippen LogP contribution in [-0.2, 0) is 9.59 Å². The average Bonchev–Trinajstić information content (AvgIpc) is 2.35. The van der Waals surface area contributed by atoms with Crippen LogP contribution in [-0.4, -0.2) is 29.6 Å². The second-order valence-electron chi connectivity index (χ2n) is 4.11. The number of nitrogens with one attached hydrogen (secondary N) is 2. The zero-order chi connectivity index (χ0) is 14.4. The SMILES string of the molecule is CC(=O)NC(CNc1cc(C#N)ccc1C)C(=O)O. The second-order valence-corrected chi connectivity index (χ2v) is 4.11. The molecule has 1 aromatic rings. The number of aliphatic carboxylic acids is 1. The molecule has 0 aliphatic carbocycles. The fourth-order valence-electron chi connectivity index (χ4n) is 1.54. The lowest BCUT2D eigenvalue weighted by Gasteiger charge is -2.16. The van der Waals surface area contributed by atoms with Gasteiger partial charge in [-0.1, -0.05) is 6.07 Å². The maximum Gasteiger partial charge on any atom is 0.328 e. The fraction of sp³-hybridized carbons (Fsp3) is 0.308. The molecule has 0 fully saturated rings. The summed E-state index contributed by atoms with van der Waals surface area (Å²) >= 11 is 0. The number of nitriles is 1. The van der Waals surface area contributed by atoms with Crippen LogP contribution in [0, 0.1) is 18.3 Å². The molecule has 0 saturated carbocycles. The van der Waals surface area contributed by atoms with E-state index in [0.29, 0.717) is 11.3 Å². The number of aryl methyl sites for hydroxylation is 1. The van der Waals surface area contributed by atoms with E-state index < -0.39 is 17.9 Å². The Labute approximate surface area is 111 Å². The van der Waals surface area contributed by atoms with Gasteiger partial charge in [0.05, 0.1) is 11.6 Å². The molecule has 3 N–H and O–H groups in total. The molecule has 0 spiro atoms. The van der Waals surface area contributed by atoms with Gasteiger partial charge in [-0.15, -0.1) is 0 Å². The molecule has 0 heterocycles. The van der Waals surface area contributed by atoms with Crippen molar-refractivity contribution in [3.05, 3.63) is 29.3 Å². The van der Waals surface area contributed by atoms with Crippen molar-refractivity contribution in [2.45, 2.75) is 19.9 Å². The van der Waals surface area contributed by atoms with E-state index >= 15 is 0 Å². The summed E-state index contributed by atoms with van der Waals surface area (Å²) in [7, 11) is 0. The Balaban J connectivity index is 2.77. The number of hydrogen-bond donors (Lipinski definition) is 3. The summed E-state index contributed by atoms with van der Waals surface area (Å²) in [4.78, 5) is 21.8. The third-order valence-corrected chi connectivity index (χ3v) is 2.54. The fourth-order valence-corrected chi connectivity index (χ4v) is 1.54. The normalized spacial score (nSPS) is 11.2. The molecule has 0 radical (unpaired) electrons. The minimum Gasteiger partial charge on any atom is -0.480 e. The van der Waals surface area contributed by atoms with E-state index in [1.54, 1.807) is 18.2 Å². The lowest BCUT2D eigenvalue weighted by atomic mass is 10.1. The first kappa shape index (κ1) is 14.5. The third kappa shape index (κ3) is 4.32. The monoisotopic (exact) mass is 261 g/mol. The molecule has 0 saturated heterocycles. The van der Waals surface area contributed by atoms with Gasteiger partial charge in [0.15, 0.2) is 0 Å². The zero-order valence-electron chi connectivity index (χ0n) is 10.7. The van der Waals surface area contributed by atoms with Gasteiger partial charge in [-0.25, -0.2) is 4.79 Å². The number of carbonyl (C=O) groups excluding carboxylic acids is 1. The predicted octanol–water partition coefficient (Wildman–Crippen LogP) is 0.868. The van der Waals surface area contributed by atoms with E-state index in [2.05, 4.69) is 10.6 Å². The number of benzene rings is 1. The summed E-state index contributed by atoms with van der Waals surface area (Å²) in [6, 6.07) is 6.10. The standard InChI is InChI=1S/C13H15N3O3/c1-8-3-4-10(6-14)5-11(8)15-7-12(13(18)19)16-9(2)17/h3-5,12,15H,7H2,1-2H3,(H,16,17)(H,18,19). The first-order valence-electron chi connectivity index (χ1n) is 5.68. The van der Waals surface area contributed by atoms with Crippen molar-refractivity contribution >= 4 is 17.6 Å². The molecule has 1 atom stereocenters. The number of carbonyl (C=O) groups is 2. The number of anilines is 1. The lowest BCUT2D eigenvalue weighted by Crippen LogP contribution is -2.44. The van der Waals surface area contributed by atoms with Gasteiger partial charge in [-0.05, 0) is 24.6 Å². The van der Waals surface area contributed by atoms with Crippen molar-refractivity contribution in [1.29, 1.82) is 5.26 Å². The van der Waals surface area contributed by atoms with Crippen molar-refractivity contribution in [2.24, 2.45) is 0 Å². The largest absolute Gasteiger partial charge is 0.480 e. The van der Waals surface area contributed by atoms with Gasteiger partial charge in [0.2, 0.25) is 5.91 Å². The van der Waals surface area contributed by atoms with Crippen molar-refractivity contribution in [3.8, 4) is 6.07 Å². The molecule has 0 aliphatic rings. The molecular formula is C13H15N3O3. The number of hydrogen-bond acceptors (Lipinski definition) is 4. The number of carboxylic acid groups (broad SMARTS) is 1. The van der Waals surface area contributed by atoms with Crippen LogP contribution < -0.4 is 10.6 Å². The maximum absolute atomic E-state index is 11.0. The number of rotatable bonds is 5. The van der Waals surface area contributed by atoms with Crippen LogP contribution in [0.25, 0.3) is 0 Å². The van der Waals surface area contributed by atoms with Crippen LogP contribution >= 0.6 is 0 Å². The molecule has 0 aromatic heterocycles. The molecule has 1 rings (SSSR count). The van der Waals surface area contributed by atoms with Crippen LogP contribution in [0.15, 0.2) is 18.2 Å². The van der Waals surface area contributed by atoms with Gasteiger partial charge in [0.25, 0.3) is 0 Å². The molecule has 6 nitrogen and oxygen atoms in total. The summed E-state index contributed by atoms with van der Waals surface area (Å²) in [6.07, 6.45) is 0. The van der Waals surface area contributed by atoms with Crippen LogP contribution in [0.2, 0.25) is 0 Å². The summed E-state index contributed by atoms with van der Waals surface area (Å²) in [5.74, 6) is -1.52. The van der Waals surface area contributed by atoms with Gasteiger partial charge in [-0.2, -0.15) is 5.26 Å². The van der Waals surface area contributed by atoms with Crippen molar-refractivity contribution < 1.29 is 14.7 Å². The van der Waals surface area contributed by atoms with Crippen LogP contribution in [0.3, 0.4) is 0 Å². The summed E-state index contributed by atoms with van der Waals surface area (Å²) < 4.78 is 0. The van der Waals surface area contributed by atoms with E-state index in [9.17, 15) is 9.59 Å². The topological polar surface area (TPSA) is 102 Å². The van der Waals surface area contributed by atoms with E-state index in [1.165, 1.54) is 6.92 Å². The van der Waals surface area contributed by atoms with Crippen molar-refractivity contribution in [3.63, 3.8) is 0 Å². The highest BCUT2D eigenvalue weighted by molar-refractivity contribution is 5.82. The van der Waals surface area contributed by atoms with Gasteiger partial charge in [0, 0.05) is 19.2 Å². The Bertz CT molecular complexity index is 534. The molecule has 19 heavy (non-hydrogen) atoms. The third-order valence-electron chi connectivity index (χ3n) is 2.54. The van der Waals surface area contributed by atoms with Crippen LogP contribution in [0.5, 0.6) is 0 Å². The molecule has 0 bridgehead atoms. The predicted molar refractivity (Wildman–Crippen MR) is 69.6 cm³/mol. The van der Waals surface area contributed by atoms with Crippen molar-refractivity contribution in [2.75, 3.05) is 11.9 Å². The average molecular weight is 261 g/mol. The number of nitrogens with zero attached hydrogens (tertiary/aromatic N) is 1. The molecule has 100 valence electrons. The minimum absolute atomic E-state index is 0.0463. The van der Waals surface area contributed by atoms with Gasteiger partial charge in [0.1, 0.15) is 6.04 Å². The highest BCUT2D eigenvalue weighted by Gasteiger charge is 2.18. The maximum atomic E-state index is 11.0. The van der Waals surface area contributed by atoms with E-state index in [1.807, 2.05) is 13.0 Å². The molecule has 1 aromatic carbocycles. The van der Waals surface area contributed by atoms with Crippen molar-refractivity contribution in [1.82, 2.24) is 5.32 Å². The molecule has 1 unspecified atom stereocenters. The highest BCUT2D eigenvalue weighted by atomic mass is 16.4. The van der Waals surface area contributed by atoms with Crippen LogP contribution in [0.1, 0.15) is 18.1 Å². The van der Waals surface area contributed by atoms with Gasteiger partial charge >= 0.3 is 5.97 Å². The lowest BCUT2D eigenvalue weighted by molar-refractivity contribution is -0.141. The quantitative estimate of drug-likeness (QED) is 0.729. The Morgan fingerprint density at radius 3 is 2.68 bits per heavy atom. The van der Waals surface area contributed by atoms with Crippen LogP contribution in [0.4, 0.5) is 5.69 Å². The Hall–Kier alpha value is -2.55. The Kier molecular flexibility index (Phi) is 4.89. The zero-order valence-corrected chi connectivity index (χ0v) is 10.7. The smallest absolute Gasteiger partial charge is 0.328 e. The van der Waals surface area contributed by atoms with E-state index in [-0.39, 0.29) is 6.54 Å². The Morgan fingerprint density at radius 2 is 2.16 bits per heavy atom. The second kappa shape index (κ2) is 6.40. The first-order valence-corrected chi connectivity index (χ1v) is 5.68.